The van der Waals surface area contributed by atoms with Crippen LogP contribution in [0.4, 0.5) is 0 Å². The van der Waals surface area contributed by atoms with Gasteiger partial charge in [0.1, 0.15) is 16.2 Å². The van der Waals surface area contributed by atoms with Crippen molar-refractivity contribution < 1.29 is 4.42 Å². The molecule has 7 heteroatoms. The molecular formula is C17H14N4OS2. The van der Waals surface area contributed by atoms with Gasteiger partial charge in [0.15, 0.2) is 0 Å². The highest BCUT2D eigenvalue weighted by Crippen LogP contribution is 2.40. The van der Waals surface area contributed by atoms with Crippen LogP contribution in [0.5, 0.6) is 0 Å². The van der Waals surface area contributed by atoms with Gasteiger partial charge in [-0.05, 0) is 18.6 Å². The van der Waals surface area contributed by atoms with Gasteiger partial charge in [-0.15, -0.1) is 21.5 Å². The second-order valence-corrected chi connectivity index (χ2v) is 7.65. The Labute approximate surface area is 147 Å². The second kappa shape index (κ2) is 6.33. The molecule has 3 aromatic heterocycles. The van der Waals surface area contributed by atoms with E-state index >= 15 is 0 Å². The molecule has 3 heterocycles. The summed E-state index contributed by atoms with van der Waals surface area (Å²) in [6.45, 7) is 3.83. The fourth-order valence-corrected chi connectivity index (χ4v) is 4.36. The first-order chi connectivity index (χ1) is 11.7. The van der Waals surface area contributed by atoms with Crippen LogP contribution < -0.4 is 0 Å². The molecule has 24 heavy (non-hydrogen) atoms. The average molecular weight is 354 g/mol. The van der Waals surface area contributed by atoms with Crippen molar-refractivity contribution in [1.29, 1.82) is 0 Å². The van der Waals surface area contributed by atoms with Crippen molar-refractivity contribution in [1.82, 2.24) is 20.2 Å². The Kier molecular flexibility index (Phi) is 4.03. The van der Waals surface area contributed by atoms with Crippen LogP contribution in [0, 0.1) is 6.92 Å². The maximum absolute atomic E-state index is 5.52. The number of aromatic nitrogens is 4. The first-order valence-electron chi connectivity index (χ1n) is 7.47. The minimum absolute atomic E-state index is 0.0318. The summed E-state index contributed by atoms with van der Waals surface area (Å²) in [7, 11) is 0. The van der Waals surface area contributed by atoms with Crippen LogP contribution in [0.2, 0.25) is 0 Å². The quantitative estimate of drug-likeness (QED) is 0.383. The first kappa shape index (κ1) is 15.3. The Hall–Kier alpha value is -2.25. The first-order valence-corrected chi connectivity index (χ1v) is 9.17. The molecule has 120 valence electrons. The zero-order valence-electron chi connectivity index (χ0n) is 13.1. The van der Waals surface area contributed by atoms with Crippen LogP contribution in [0.25, 0.3) is 20.7 Å². The van der Waals surface area contributed by atoms with Crippen molar-refractivity contribution in [2.24, 2.45) is 0 Å². The molecule has 0 fully saturated rings. The highest BCUT2D eigenvalue weighted by molar-refractivity contribution is 7.99. The number of benzene rings is 1. The Balaban J connectivity index is 1.70. The topological polar surface area (TPSA) is 64.7 Å². The molecule has 4 rings (SSSR count). The van der Waals surface area contributed by atoms with Gasteiger partial charge in [-0.1, -0.05) is 42.1 Å². The summed E-state index contributed by atoms with van der Waals surface area (Å²) in [4.78, 5) is 11.0. The van der Waals surface area contributed by atoms with Gasteiger partial charge in [0.05, 0.1) is 5.25 Å². The summed E-state index contributed by atoms with van der Waals surface area (Å²) >= 11 is 3.28. The number of rotatable bonds is 4. The lowest BCUT2D eigenvalue weighted by molar-refractivity contribution is 0.470. The predicted molar refractivity (Wildman–Crippen MR) is 96.2 cm³/mol. The van der Waals surface area contributed by atoms with E-state index in [1.165, 1.54) is 10.4 Å². The van der Waals surface area contributed by atoms with Crippen molar-refractivity contribution in [2.75, 3.05) is 0 Å². The van der Waals surface area contributed by atoms with Gasteiger partial charge in [-0.25, -0.2) is 9.97 Å². The molecule has 0 N–H and O–H groups in total. The van der Waals surface area contributed by atoms with Crippen molar-refractivity contribution in [3.05, 3.63) is 54.5 Å². The standard InChI is InChI=1S/C17H14N4OS2/c1-10(15-21-20-11(2)22-15)23-16-13-8-14(12-6-4-3-5-7-12)24-17(13)19-9-18-16/h3-10H,1-2H3. The maximum Gasteiger partial charge on any atom is 0.229 e. The lowest BCUT2D eigenvalue weighted by Crippen LogP contribution is -1.91. The molecule has 0 spiro atoms. The predicted octanol–water partition coefficient (Wildman–Crippen LogP) is 4.90. The number of nitrogens with zero attached hydrogens (tertiary/aromatic N) is 4. The largest absolute Gasteiger partial charge is 0.424 e. The minimum Gasteiger partial charge on any atom is -0.424 e. The van der Waals surface area contributed by atoms with Crippen LogP contribution in [0.15, 0.2) is 52.2 Å². The molecule has 0 amide bonds. The van der Waals surface area contributed by atoms with Gasteiger partial charge in [0, 0.05) is 17.2 Å². The summed E-state index contributed by atoms with van der Waals surface area (Å²) in [6.07, 6.45) is 1.61. The number of thiophene rings is 1. The summed E-state index contributed by atoms with van der Waals surface area (Å²) < 4.78 is 5.52. The van der Waals surface area contributed by atoms with Crippen LogP contribution in [0.3, 0.4) is 0 Å². The van der Waals surface area contributed by atoms with Gasteiger partial charge in [0.25, 0.3) is 0 Å². The van der Waals surface area contributed by atoms with Gasteiger partial charge in [0.2, 0.25) is 11.8 Å². The van der Waals surface area contributed by atoms with Gasteiger partial charge >= 0.3 is 0 Å². The van der Waals surface area contributed by atoms with E-state index in [0.717, 1.165) is 15.2 Å². The summed E-state index contributed by atoms with van der Waals surface area (Å²) in [6, 6.07) is 12.5. The minimum atomic E-state index is 0.0318. The molecular weight excluding hydrogens is 340 g/mol. The zero-order chi connectivity index (χ0) is 16.5. The molecule has 0 aliphatic carbocycles. The molecule has 0 saturated heterocycles. The second-order valence-electron chi connectivity index (χ2n) is 5.29. The average Bonchev–Trinajstić information content (AvgIpc) is 3.22. The van der Waals surface area contributed by atoms with E-state index in [2.05, 4.69) is 38.4 Å². The Morgan fingerprint density at radius 1 is 1.12 bits per heavy atom. The number of hydrogen-bond acceptors (Lipinski definition) is 7. The molecule has 1 aromatic carbocycles. The maximum atomic E-state index is 5.52. The van der Waals surface area contributed by atoms with Crippen molar-refractivity contribution in [2.45, 2.75) is 24.1 Å². The molecule has 4 aromatic rings. The number of fused-ring (bicyclic) bond motifs is 1. The Morgan fingerprint density at radius 2 is 1.96 bits per heavy atom. The van der Waals surface area contributed by atoms with E-state index in [0.29, 0.717) is 11.8 Å². The lowest BCUT2D eigenvalue weighted by Gasteiger charge is -2.06. The highest BCUT2D eigenvalue weighted by Gasteiger charge is 2.18. The number of hydrogen-bond donors (Lipinski definition) is 0. The van der Waals surface area contributed by atoms with E-state index in [4.69, 9.17) is 4.42 Å². The van der Waals surface area contributed by atoms with E-state index in [1.54, 1.807) is 36.3 Å². The molecule has 1 unspecified atom stereocenters. The van der Waals surface area contributed by atoms with Gasteiger partial charge in [-0.3, -0.25) is 0 Å². The molecule has 0 aliphatic heterocycles. The van der Waals surface area contributed by atoms with E-state index < -0.39 is 0 Å². The Morgan fingerprint density at radius 3 is 2.71 bits per heavy atom. The lowest BCUT2D eigenvalue weighted by atomic mass is 10.2. The smallest absolute Gasteiger partial charge is 0.229 e. The van der Waals surface area contributed by atoms with Gasteiger partial charge in [-0.2, -0.15) is 0 Å². The molecule has 0 bridgehead atoms. The van der Waals surface area contributed by atoms with Crippen molar-refractivity contribution in [3.63, 3.8) is 0 Å². The van der Waals surface area contributed by atoms with Crippen LogP contribution >= 0.6 is 23.1 Å². The monoisotopic (exact) mass is 354 g/mol. The fraction of sp³-hybridized carbons (Fsp3) is 0.176. The zero-order valence-corrected chi connectivity index (χ0v) is 14.8. The third-order valence-corrected chi connectivity index (χ3v) is 5.72. The SMILES string of the molecule is Cc1nnc(C(C)Sc2ncnc3sc(-c4ccccc4)cc23)o1. The summed E-state index contributed by atoms with van der Waals surface area (Å²) in [5, 5.41) is 10.0. The highest BCUT2D eigenvalue weighted by atomic mass is 32.2. The summed E-state index contributed by atoms with van der Waals surface area (Å²) in [5.74, 6) is 1.19. The normalized spacial score (nSPS) is 12.6. The van der Waals surface area contributed by atoms with Crippen LogP contribution in [0.1, 0.15) is 24.0 Å². The van der Waals surface area contributed by atoms with Crippen molar-refractivity contribution >= 4 is 33.3 Å². The van der Waals surface area contributed by atoms with Crippen molar-refractivity contribution in [3.8, 4) is 10.4 Å². The van der Waals surface area contributed by atoms with E-state index in [9.17, 15) is 0 Å². The van der Waals surface area contributed by atoms with Crippen LogP contribution in [-0.4, -0.2) is 20.2 Å². The molecule has 0 saturated carbocycles. The Bertz CT molecular complexity index is 981. The van der Waals surface area contributed by atoms with E-state index in [1.807, 2.05) is 25.1 Å². The molecule has 1 atom stereocenters. The fourth-order valence-electron chi connectivity index (χ4n) is 2.37. The summed E-state index contributed by atoms with van der Waals surface area (Å²) in [5.41, 5.74) is 1.19. The number of aryl methyl sites for hydroxylation is 1. The van der Waals surface area contributed by atoms with Gasteiger partial charge < -0.3 is 4.42 Å². The number of thioether (sulfide) groups is 1. The van der Waals surface area contributed by atoms with Crippen LogP contribution in [-0.2, 0) is 0 Å². The third-order valence-electron chi connectivity index (χ3n) is 3.53. The molecule has 0 radical (unpaired) electrons. The third kappa shape index (κ3) is 2.92. The van der Waals surface area contributed by atoms with E-state index in [-0.39, 0.29) is 5.25 Å². The molecule has 0 aliphatic rings. The molecule has 5 nitrogen and oxygen atoms in total.